The fourth-order valence-electron chi connectivity index (χ4n) is 3.87. The van der Waals surface area contributed by atoms with Gasteiger partial charge in [-0.3, -0.25) is 0 Å². The summed E-state index contributed by atoms with van der Waals surface area (Å²) >= 11 is 0. The average molecular weight is 396 g/mol. The molecule has 5 heterocycles. The Hall–Kier alpha value is -3.44. The lowest BCUT2D eigenvalue weighted by Gasteiger charge is -2.08. The number of hydrogen-bond acceptors (Lipinski definition) is 3. The highest BCUT2D eigenvalue weighted by atomic mass is 16.3. The van der Waals surface area contributed by atoms with Gasteiger partial charge in [-0.2, -0.15) is 0 Å². The van der Waals surface area contributed by atoms with Crippen LogP contribution >= 0.6 is 0 Å². The summed E-state index contributed by atoms with van der Waals surface area (Å²) in [7, 11) is 0. The van der Waals surface area contributed by atoms with Crippen molar-refractivity contribution in [2.24, 2.45) is 0 Å². The highest BCUT2D eigenvalue weighted by molar-refractivity contribution is 5.78. The van der Waals surface area contributed by atoms with E-state index in [-0.39, 0.29) is 0 Å². The zero-order chi connectivity index (χ0) is 20.5. The van der Waals surface area contributed by atoms with Crippen molar-refractivity contribution >= 4 is 46.4 Å². The molecule has 5 heteroatoms. The van der Waals surface area contributed by atoms with E-state index in [9.17, 15) is 5.11 Å². The van der Waals surface area contributed by atoms with Crippen LogP contribution in [0.5, 0.6) is 0 Å². The molecule has 8 bridgehead atoms. The SMILES string of the molecule is CCCCC(O)c1cc2cc3nc(cc4ccc(cc5nc(cc1[nH]2)C=C5)[nH]4)C=C3. The van der Waals surface area contributed by atoms with E-state index in [1.165, 1.54) is 0 Å². The normalized spacial score (nSPS) is 13.7. The molecule has 3 N–H and O–H groups in total. The molecule has 5 nitrogen and oxygen atoms in total. The summed E-state index contributed by atoms with van der Waals surface area (Å²) in [5.41, 5.74) is 8.24. The number of hydrogen-bond donors (Lipinski definition) is 3. The van der Waals surface area contributed by atoms with Crippen LogP contribution in [0.2, 0.25) is 0 Å². The Labute approximate surface area is 174 Å². The fraction of sp³-hybridized carbons (Fsp3) is 0.200. The third-order valence-electron chi connectivity index (χ3n) is 5.39. The average Bonchev–Trinajstić information content (AvgIpc) is 3.51. The number of nitrogens with zero attached hydrogens (tertiary/aromatic N) is 2. The fourth-order valence-corrected chi connectivity index (χ4v) is 3.87. The van der Waals surface area contributed by atoms with Crippen LogP contribution in [0.25, 0.3) is 46.4 Å². The quantitative estimate of drug-likeness (QED) is 0.355. The monoisotopic (exact) mass is 396 g/mol. The van der Waals surface area contributed by atoms with Crippen molar-refractivity contribution in [3.05, 3.63) is 70.8 Å². The maximum absolute atomic E-state index is 10.8. The summed E-state index contributed by atoms with van der Waals surface area (Å²) in [6, 6.07) is 14.2. The maximum atomic E-state index is 10.8. The number of aliphatic hydroxyl groups is 1. The molecular weight excluding hydrogens is 372 g/mol. The number of aliphatic hydroxyl groups excluding tert-OH is 1. The second kappa shape index (κ2) is 7.76. The van der Waals surface area contributed by atoms with Gasteiger partial charge in [-0.15, -0.1) is 0 Å². The highest BCUT2D eigenvalue weighted by Gasteiger charge is 2.12. The molecule has 2 aliphatic heterocycles. The molecule has 0 fully saturated rings. The lowest BCUT2D eigenvalue weighted by Crippen LogP contribution is -1.95. The Morgan fingerprint density at radius 1 is 0.767 bits per heavy atom. The summed E-state index contributed by atoms with van der Waals surface area (Å²) in [4.78, 5) is 16.2. The first kappa shape index (κ1) is 18.6. The van der Waals surface area contributed by atoms with E-state index in [0.717, 1.165) is 69.7 Å². The zero-order valence-electron chi connectivity index (χ0n) is 16.9. The van der Waals surface area contributed by atoms with Crippen LogP contribution in [0.3, 0.4) is 0 Å². The molecule has 0 radical (unpaired) electrons. The third-order valence-corrected chi connectivity index (χ3v) is 5.39. The van der Waals surface area contributed by atoms with E-state index in [0.29, 0.717) is 0 Å². The van der Waals surface area contributed by atoms with Crippen LogP contribution < -0.4 is 0 Å². The molecule has 1 unspecified atom stereocenters. The first-order valence-electron chi connectivity index (χ1n) is 10.4. The standard InChI is InChI=1S/C25H24N4O/c1-2-3-4-25(30)23-14-22-13-20-8-7-18(27-20)11-16-5-6-17(26-16)12-19-9-10-21(28-19)15-24(23)29-22/h5-15,25-26,29-30H,2-4H2,1H3. The second-order valence-electron chi connectivity index (χ2n) is 7.79. The summed E-state index contributed by atoms with van der Waals surface area (Å²) in [6.07, 6.45) is 10.3. The smallest absolute Gasteiger partial charge is 0.0810 e. The number of aromatic amines is 2. The van der Waals surface area contributed by atoms with Gasteiger partial charge < -0.3 is 15.1 Å². The van der Waals surface area contributed by atoms with Crippen LogP contribution in [-0.4, -0.2) is 25.0 Å². The molecule has 5 rings (SSSR count). The van der Waals surface area contributed by atoms with Crippen molar-refractivity contribution in [1.29, 1.82) is 0 Å². The Balaban J connectivity index is 1.76. The summed E-state index contributed by atoms with van der Waals surface area (Å²) in [5.74, 6) is 0. The van der Waals surface area contributed by atoms with Gasteiger partial charge in [0.05, 0.1) is 28.9 Å². The van der Waals surface area contributed by atoms with Crippen LogP contribution in [0.1, 0.15) is 60.6 Å². The number of nitrogens with one attached hydrogen (secondary N) is 2. The molecule has 0 amide bonds. The summed E-state index contributed by atoms with van der Waals surface area (Å²) in [5, 5.41) is 10.8. The van der Waals surface area contributed by atoms with Crippen molar-refractivity contribution in [2.45, 2.75) is 32.3 Å². The van der Waals surface area contributed by atoms with Crippen molar-refractivity contribution in [2.75, 3.05) is 0 Å². The van der Waals surface area contributed by atoms with E-state index in [1.807, 2.05) is 66.8 Å². The van der Waals surface area contributed by atoms with Crippen LogP contribution in [0, 0.1) is 0 Å². The van der Waals surface area contributed by atoms with E-state index in [2.05, 4.69) is 16.9 Å². The van der Waals surface area contributed by atoms with Crippen LogP contribution in [0.4, 0.5) is 0 Å². The van der Waals surface area contributed by atoms with Gasteiger partial charge in [0.2, 0.25) is 0 Å². The Morgan fingerprint density at radius 2 is 1.33 bits per heavy atom. The zero-order valence-corrected chi connectivity index (χ0v) is 16.9. The molecule has 3 aromatic heterocycles. The number of unbranched alkanes of at least 4 members (excludes halogenated alkanes) is 1. The molecule has 2 aliphatic rings. The number of aromatic nitrogens is 4. The van der Waals surface area contributed by atoms with Gasteiger partial charge in [-0.1, -0.05) is 19.8 Å². The maximum Gasteiger partial charge on any atom is 0.0810 e. The predicted octanol–water partition coefficient (Wildman–Crippen LogP) is 5.88. The van der Waals surface area contributed by atoms with Gasteiger partial charge in [-0.05, 0) is 73.2 Å². The minimum absolute atomic E-state index is 0.508. The minimum atomic E-state index is -0.508. The van der Waals surface area contributed by atoms with Gasteiger partial charge in [0, 0.05) is 27.6 Å². The van der Waals surface area contributed by atoms with E-state index < -0.39 is 6.10 Å². The lowest BCUT2D eigenvalue weighted by atomic mass is 10.1. The molecule has 0 spiro atoms. The first-order valence-corrected chi connectivity index (χ1v) is 10.4. The summed E-state index contributed by atoms with van der Waals surface area (Å²) < 4.78 is 0. The first-order chi connectivity index (χ1) is 14.7. The summed E-state index contributed by atoms with van der Waals surface area (Å²) in [6.45, 7) is 2.14. The van der Waals surface area contributed by atoms with Gasteiger partial charge >= 0.3 is 0 Å². The van der Waals surface area contributed by atoms with E-state index in [1.54, 1.807) is 0 Å². The molecule has 0 aliphatic carbocycles. The largest absolute Gasteiger partial charge is 0.388 e. The molecular formula is C25H24N4O. The van der Waals surface area contributed by atoms with Crippen molar-refractivity contribution in [3.8, 4) is 0 Å². The molecule has 1 atom stereocenters. The van der Waals surface area contributed by atoms with E-state index in [4.69, 9.17) is 9.97 Å². The predicted molar refractivity (Wildman–Crippen MR) is 123 cm³/mol. The second-order valence-corrected chi connectivity index (χ2v) is 7.79. The lowest BCUT2D eigenvalue weighted by molar-refractivity contribution is 0.166. The van der Waals surface area contributed by atoms with Gasteiger partial charge in [0.1, 0.15) is 0 Å². The van der Waals surface area contributed by atoms with Crippen molar-refractivity contribution in [1.82, 2.24) is 19.9 Å². The third kappa shape index (κ3) is 3.84. The van der Waals surface area contributed by atoms with Gasteiger partial charge in [0.25, 0.3) is 0 Å². The molecule has 0 saturated carbocycles. The highest BCUT2D eigenvalue weighted by Crippen LogP contribution is 2.26. The molecule has 30 heavy (non-hydrogen) atoms. The molecule has 0 aromatic carbocycles. The Morgan fingerprint density at radius 3 is 1.93 bits per heavy atom. The van der Waals surface area contributed by atoms with E-state index >= 15 is 0 Å². The Bertz CT molecular complexity index is 1310. The van der Waals surface area contributed by atoms with Crippen LogP contribution in [0.15, 0.2) is 42.5 Å². The van der Waals surface area contributed by atoms with Gasteiger partial charge in [-0.25, -0.2) is 9.97 Å². The van der Waals surface area contributed by atoms with Gasteiger partial charge in [0.15, 0.2) is 0 Å². The number of rotatable bonds is 4. The molecule has 3 aromatic rings. The topological polar surface area (TPSA) is 77.6 Å². The molecule has 0 saturated heterocycles. The van der Waals surface area contributed by atoms with Crippen molar-refractivity contribution in [3.63, 3.8) is 0 Å². The van der Waals surface area contributed by atoms with Crippen molar-refractivity contribution < 1.29 is 5.11 Å². The number of fused-ring (bicyclic) bond motifs is 8. The number of H-pyrrole nitrogens is 2. The molecule has 150 valence electrons. The Kier molecular flexibility index (Phi) is 4.81. The van der Waals surface area contributed by atoms with Crippen LogP contribution in [-0.2, 0) is 0 Å². The minimum Gasteiger partial charge on any atom is -0.388 e.